The number of aromatic nitrogens is 3. The van der Waals surface area contributed by atoms with Gasteiger partial charge in [0.2, 0.25) is 0 Å². The molecule has 0 aliphatic heterocycles. The highest BCUT2D eigenvalue weighted by Crippen LogP contribution is 2.10. The van der Waals surface area contributed by atoms with Crippen LogP contribution in [0.15, 0.2) is 35.6 Å². The van der Waals surface area contributed by atoms with Gasteiger partial charge in [0.1, 0.15) is 18.7 Å². The van der Waals surface area contributed by atoms with Gasteiger partial charge < -0.3 is 19.9 Å². The van der Waals surface area contributed by atoms with Gasteiger partial charge in [-0.2, -0.15) is 0 Å². The largest absolute Gasteiger partial charge is 0.492 e. The third-order valence-electron chi connectivity index (χ3n) is 3.36. The van der Waals surface area contributed by atoms with E-state index in [9.17, 15) is 0 Å². The zero-order valence-corrected chi connectivity index (χ0v) is 13.9. The lowest BCUT2D eigenvalue weighted by Gasteiger charge is -2.12. The summed E-state index contributed by atoms with van der Waals surface area (Å²) in [6.07, 6.45) is 1.72. The minimum atomic E-state index is 0.564. The van der Waals surface area contributed by atoms with Gasteiger partial charge in [0.05, 0.1) is 13.1 Å². The summed E-state index contributed by atoms with van der Waals surface area (Å²) in [4.78, 5) is 4.18. The van der Waals surface area contributed by atoms with E-state index in [0.29, 0.717) is 25.7 Å². The van der Waals surface area contributed by atoms with Crippen LogP contribution in [0.5, 0.6) is 5.75 Å². The summed E-state index contributed by atoms with van der Waals surface area (Å²) in [7, 11) is 1.74. The zero-order valence-electron chi connectivity index (χ0n) is 13.9. The molecule has 0 aliphatic carbocycles. The van der Waals surface area contributed by atoms with Crippen LogP contribution in [-0.2, 0) is 13.1 Å². The lowest BCUT2D eigenvalue weighted by Crippen LogP contribution is -2.39. The molecule has 2 N–H and O–H groups in total. The maximum absolute atomic E-state index is 5.67. The fourth-order valence-electron chi connectivity index (χ4n) is 2.04. The van der Waals surface area contributed by atoms with Crippen LogP contribution < -0.4 is 15.4 Å². The van der Waals surface area contributed by atoms with Crippen LogP contribution in [0.25, 0.3) is 0 Å². The molecule has 0 atom stereocenters. The van der Waals surface area contributed by atoms with Crippen LogP contribution in [-0.4, -0.2) is 40.9 Å². The number of aliphatic imine (C=N–C) groups is 1. The Morgan fingerprint density at radius 3 is 2.74 bits per heavy atom. The van der Waals surface area contributed by atoms with Gasteiger partial charge in [-0.3, -0.25) is 4.99 Å². The second-order valence-corrected chi connectivity index (χ2v) is 5.05. The molecule has 1 aromatic heterocycles. The Balaban J connectivity index is 1.70. The summed E-state index contributed by atoms with van der Waals surface area (Å²) in [5.41, 5.74) is 1.22. The fraction of sp³-hybridized carbons (Fsp3) is 0.438. The summed E-state index contributed by atoms with van der Waals surface area (Å²) in [5, 5.41) is 14.4. The average molecular weight is 316 g/mol. The topological polar surface area (TPSA) is 76.4 Å². The SMILES string of the molecule is CCn1cnnc1CNC(=NC)NCCOc1ccc(C)cc1. The molecule has 0 aliphatic rings. The Labute approximate surface area is 136 Å². The summed E-state index contributed by atoms with van der Waals surface area (Å²) in [6, 6.07) is 8.01. The molecule has 0 saturated carbocycles. The molecule has 7 heteroatoms. The molecule has 0 fully saturated rings. The van der Waals surface area contributed by atoms with Crippen LogP contribution >= 0.6 is 0 Å². The van der Waals surface area contributed by atoms with Crippen molar-refractivity contribution in [3.63, 3.8) is 0 Å². The molecule has 0 amide bonds. The van der Waals surface area contributed by atoms with Gasteiger partial charge in [-0.15, -0.1) is 10.2 Å². The third kappa shape index (κ3) is 5.28. The summed E-state index contributed by atoms with van der Waals surface area (Å²) in [6.45, 7) is 6.76. The van der Waals surface area contributed by atoms with Crippen molar-refractivity contribution in [2.75, 3.05) is 20.2 Å². The van der Waals surface area contributed by atoms with Crippen molar-refractivity contribution in [3.05, 3.63) is 42.0 Å². The van der Waals surface area contributed by atoms with Crippen LogP contribution in [0, 0.1) is 6.92 Å². The van der Waals surface area contributed by atoms with E-state index in [-0.39, 0.29) is 0 Å². The highest BCUT2D eigenvalue weighted by atomic mass is 16.5. The Kier molecular flexibility index (Phi) is 6.40. The summed E-state index contributed by atoms with van der Waals surface area (Å²) >= 11 is 0. The molecule has 0 unspecified atom stereocenters. The van der Waals surface area contributed by atoms with Crippen molar-refractivity contribution in [1.82, 2.24) is 25.4 Å². The Bertz CT molecular complexity index is 620. The van der Waals surface area contributed by atoms with Gasteiger partial charge in [-0.05, 0) is 26.0 Å². The van der Waals surface area contributed by atoms with Gasteiger partial charge in [0, 0.05) is 13.6 Å². The number of hydrogen-bond donors (Lipinski definition) is 2. The number of aryl methyl sites for hydroxylation is 2. The number of guanidine groups is 1. The first-order chi connectivity index (χ1) is 11.2. The number of hydrogen-bond acceptors (Lipinski definition) is 4. The van der Waals surface area contributed by atoms with Crippen molar-refractivity contribution < 1.29 is 4.74 Å². The molecule has 23 heavy (non-hydrogen) atoms. The van der Waals surface area contributed by atoms with Crippen molar-refractivity contribution in [2.24, 2.45) is 4.99 Å². The van der Waals surface area contributed by atoms with E-state index in [2.05, 4.69) is 39.7 Å². The molecular weight excluding hydrogens is 292 g/mol. The maximum atomic E-state index is 5.67. The molecule has 2 aromatic rings. The van der Waals surface area contributed by atoms with Crippen LogP contribution in [0.4, 0.5) is 0 Å². The molecule has 0 radical (unpaired) electrons. The second-order valence-electron chi connectivity index (χ2n) is 5.05. The minimum absolute atomic E-state index is 0.564. The number of nitrogens with one attached hydrogen (secondary N) is 2. The maximum Gasteiger partial charge on any atom is 0.191 e. The Morgan fingerprint density at radius 2 is 2.04 bits per heavy atom. The lowest BCUT2D eigenvalue weighted by molar-refractivity contribution is 0.322. The molecule has 7 nitrogen and oxygen atoms in total. The standard InChI is InChI=1S/C16H24N6O/c1-4-22-12-20-21-15(22)11-19-16(17-3)18-9-10-23-14-7-5-13(2)6-8-14/h5-8,12H,4,9-11H2,1-3H3,(H2,17,18,19). The van der Waals surface area contributed by atoms with E-state index in [0.717, 1.165) is 18.1 Å². The van der Waals surface area contributed by atoms with E-state index in [4.69, 9.17) is 4.74 Å². The third-order valence-corrected chi connectivity index (χ3v) is 3.36. The van der Waals surface area contributed by atoms with Crippen molar-refractivity contribution in [3.8, 4) is 5.75 Å². The quantitative estimate of drug-likeness (QED) is 0.458. The first kappa shape index (κ1) is 16.8. The minimum Gasteiger partial charge on any atom is -0.492 e. The van der Waals surface area contributed by atoms with Gasteiger partial charge in [0.25, 0.3) is 0 Å². The van der Waals surface area contributed by atoms with Gasteiger partial charge in [-0.1, -0.05) is 17.7 Å². The van der Waals surface area contributed by atoms with E-state index in [1.54, 1.807) is 13.4 Å². The predicted molar refractivity (Wildman–Crippen MR) is 90.6 cm³/mol. The molecule has 2 rings (SSSR count). The molecule has 1 aromatic carbocycles. The molecule has 0 spiro atoms. The summed E-state index contributed by atoms with van der Waals surface area (Å²) < 4.78 is 7.66. The number of rotatable bonds is 7. The first-order valence-corrected chi connectivity index (χ1v) is 7.73. The Hall–Kier alpha value is -2.57. The van der Waals surface area contributed by atoms with Crippen LogP contribution in [0.2, 0.25) is 0 Å². The first-order valence-electron chi connectivity index (χ1n) is 7.73. The van der Waals surface area contributed by atoms with E-state index in [1.807, 2.05) is 28.8 Å². The molecular formula is C16H24N6O. The highest BCUT2D eigenvalue weighted by Gasteiger charge is 2.04. The van der Waals surface area contributed by atoms with Crippen LogP contribution in [0.1, 0.15) is 18.3 Å². The lowest BCUT2D eigenvalue weighted by atomic mass is 10.2. The Morgan fingerprint density at radius 1 is 1.26 bits per heavy atom. The average Bonchev–Trinajstić information content (AvgIpc) is 3.03. The predicted octanol–water partition coefficient (Wildman–Crippen LogP) is 1.35. The van der Waals surface area contributed by atoms with Gasteiger partial charge in [0.15, 0.2) is 11.8 Å². The van der Waals surface area contributed by atoms with E-state index >= 15 is 0 Å². The van der Waals surface area contributed by atoms with Crippen LogP contribution in [0.3, 0.4) is 0 Å². The fourth-order valence-corrected chi connectivity index (χ4v) is 2.04. The van der Waals surface area contributed by atoms with E-state index < -0.39 is 0 Å². The molecule has 0 saturated heterocycles. The van der Waals surface area contributed by atoms with Gasteiger partial charge in [-0.25, -0.2) is 0 Å². The van der Waals surface area contributed by atoms with Crippen molar-refractivity contribution in [1.29, 1.82) is 0 Å². The van der Waals surface area contributed by atoms with Gasteiger partial charge >= 0.3 is 0 Å². The number of nitrogens with zero attached hydrogens (tertiary/aromatic N) is 4. The van der Waals surface area contributed by atoms with E-state index in [1.165, 1.54) is 5.56 Å². The highest BCUT2D eigenvalue weighted by molar-refractivity contribution is 5.79. The molecule has 124 valence electrons. The summed E-state index contributed by atoms with van der Waals surface area (Å²) in [5.74, 6) is 2.46. The zero-order chi connectivity index (χ0) is 16.5. The van der Waals surface area contributed by atoms with Crippen molar-refractivity contribution in [2.45, 2.75) is 26.9 Å². The monoisotopic (exact) mass is 316 g/mol. The van der Waals surface area contributed by atoms with Crippen molar-refractivity contribution >= 4 is 5.96 Å². The second kappa shape index (κ2) is 8.77. The molecule has 1 heterocycles. The number of ether oxygens (including phenoxy) is 1. The smallest absolute Gasteiger partial charge is 0.191 e. The normalized spacial score (nSPS) is 11.3. The molecule has 0 bridgehead atoms. The number of benzene rings is 1.